The summed E-state index contributed by atoms with van der Waals surface area (Å²) in [4.78, 5) is 0. The van der Waals surface area contributed by atoms with Crippen LogP contribution < -0.4 is 10.1 Å². The third kappa shape index (κ3) is 4.87. The molecule has 2 rings (SSSR count). The number of ether oxygens (including phenoxy) is 1. The van der Waals surface area contributed by atoms with Gasteiger partial charge in [0.25, 0.3) is 0 Å². The lowest BCUT2D eigenvalue weighted by atomic mass is 10.2. The highest BCUT2D eigenvalue weighted by atomic mass is 19.1. The fraction of sp³-hybridized carbons (Fsp3) is 0.333. The smallest absolute Gasteiger partial charge is 0.166 e. The van der Waals surface area contributed by atoms with Gasteiger partial charge in [0.05, 0.1) is 0 Å². The van der Waals surface area contributed by atoms with Gasteiger partial charge in [0.15, 0.2) is 11.6 Å². The predicted octanol–water partition coefficient (Wildman–Crippen LogP) is 4.67. The summed E-state index contributed by atoms with van der Waals surface area (Å²) in [6.07, 6.45) is 0. The lowest BCUT2D eigenvalue weighted by Gasteiger charge is -2.10. The number of rotatable bonds is 6. The highest BCUT2D eigenvalue weighted by molar-refractivity contribution is 5.36. The van der Waals surface area contributed by atoms with Crippen molar-refractivity contribution in [3.05, 3.63) is 59.4 Å². The zero-order valence-corrected chi connectivity index (χ0v) is 12.8. The van der Waals surface area contributed by atoms with E-state index in [1.807, 2.05) is 37.3 Å². The van der Waals surface area contributed by atoms with Gasteiger partial charge in [-0.15, -0.1) is 0 Å². The predicted molar refractivity (Wildman–Crippen MR) is 84.2 cm³/mol. The molecular formula is C18H22FNO. The first-order valence-corrected chi connectivity index (χ1v) is 7.28. The van der Waals surface area contributed by atoms with Crippen LogP contribution in [0.15, 0.2) is 42.5 Å². The second-order valence-electron chi connectivity index (χ2n) is 5.71. The minimum absolute atomic E-state index is 0.258. The molecule has 0 aliphatic carbocycles. The minimum atomic E-state index is -0.333. The Kier molecular flexibility index (Phi) is 5.34. The maximum atomic E-state index is 14.1. The minimum Gasteiger partial charge on any atom is -0.454 e. The van der Waals surface area contributed by atoms with Crippen molar-refractivity contribution in [2.75, 3.05) is 6.54 Å². The van der Waals surface area contributed by atoms with Gasteiger partial charge in [0.2, 0.25) is 0 Å². The van der Waals surface area contributed by atoms with Crippen LogP contribution in [0.25, 0.3) is 0 Å². The van der Waals surface area contributed by atoms with Crippen molar-refractivity contribution in [2.24, 2.45) is 5.92 Å². The zero-order chi connectivity index (χ0) is 15.2. The van der Waals surface area contributed by atoms with Crippen LogP contribution in [0.2, 0.25) is 0 Å². The zero-order valence-electron chi connectivity index (χ0n) is 12.8. The molecule has 0 bridgehead atoms. The molecule has 0 radical (unpaired) electrons. The molecule has 2 nitrogen and oxygen atoms in total. The Morgan fingerprint density at radius 3 is 2.62 bits per heavy atom. The first-order valence-electron chi connectivity index (χ1n) is 7.28. The van der Waals surface area contributed by atoms with Crippen LogP contribution >= 0.6 is 0 Å². The molecular weight excluding hydrogens is 265 g/mol. The number of nitrogens with one attached hydrogen (secondary N) is 1. The molecule has 1 N–H and O–H groups in total. The molecule has 2 aromatic rings. The number of halogens is 1. The molecule has 2 aromatic carbocycles. The molecule has 0 heterocycles. The van der Waals surface area contributed by atoms with Crippen molar-refractivity contribution in [3.8, 4) is 11.5 Å². The number of aryl methyl sites for hydroxylation is 1. The second-order valence-corrected chi connectivity index (χ2v) is 5.71. The van der Waals surface area contributed by atoms with Gasteiger partial charge in [-0.25, -0.2) is 4.39 Å². The van der Waals surface area contributed by atoms with Crippen LogP contribution in [0.1, 0.15) is 25.0 Å². The van der Waals surface area contributed by atoms with E-state index in [4.69, 9.17) is 4.74 Å². The highest BCUT2D eigenvalue weighted by Crippen LogP contribution is 2.25. The molecule has 0 aliphatic rings. The van der Waals surface area contributed by atoms with Crippen LogP contribution in [0, 0.1) is 18.7 Å². The molecule has 0 saturated carbocycles. The summed E-state index contributed by atoms with van der Waals surface area (Å²) in [5.74, 6) is 1.16. The van der Waals surface area contributed by atoms with Crippen molar-refractivity contribution in [1.82, 2.24) is 5.32 Å². The topological polar surface area (TPSA) is 21.3 Å². The Labute approximate surface area is 126 Å². The Balaban J connectivity index is 2.02. The number of hydrogen-bond acceptors (Lipinski definition) is 2. The first-order chi connectivity index (χ1) is 10.0. The summed E-state index contributed by atoms with van der Waals surface area (Å²) < 4.78 is 19.7. The van der Waals surface area contributed by atoms with Gasteiger partial charge in [0, 0.05) is 6.54 Å². The maximum absolute atomic E-state index is 14.1. The van der Waals surface area contributed by atoms with Gasteiger partial charge < -0.3 is 10.1 Å². The Bertz CT molecular complexity index is 596. The van der Waals surface area contributed by atoms with Gasteiger partial charge in [0.1, 0.15) is 5.75 Å². The summed E-state index contributed by atoms with van der Waals surface area (Å²) in [6, 6.07) is 12.7. The molecule has 3 heteroatoms. The van der Waals surface area contributed by atoms with Crippen molar-refractivity contribution >= 4 is 0 Å². The fourth-order valence-corrected chi connectivity index (χ4v) is 2.05. The van der Waals surface area contributed by atoms with Crippen molar-refractivity contribution < 1.29 is 9.13 Å². The van der Waals surface area contributed by atoms with Crippen LogP contribution in [-0.2, 0) is 6.54 Å². The van der Waals surface area contributed by atoms with Crippen molar-refractivity contribution in [1.29, 1.82) is 0 Å². The highest BCUT2D eigenvalue weighted by Gasteiger charge is 2.06. The van der Waals surface area contributed by atoms with Crippen molar-refractivity contribution in [2.45, 2.75) is 27.3 Å². The second kappa shape index (κ2) is 7.23. The quantitative estimate of drug-likeness (QED) is 0.833. The molecule has 0 saturated heterocycles. The maximum Gasteiger partial charge on any atom is 0.166 e. The summed E-state index contributed by atoms with van der Waals surface area (Å²) >= 11 is 0. The van der Waals surface area contributed by atoms with Gasteiger partial charge in [-0.2, -0.15) is 0 Å². The van der Waals surface area contributed by atoms with E-state index < -0.39 is 0 Å². The van der Waals surface area contributed by atoms with Gasteiger partial charge in [-0.1, -0.05) is 32.0 Å². The average Bonchev–Trinajstić information content (AvgIpc) is 2.41. The van der Waals surface area contributed by atoms with E-state index in [0.717, 1.165) is 17.7 Å². The van der Waals surface area contributed by atoms with Gasteiger partial charge in [-0.3, -0.25) is 0 Å². The lowest BCUT2D eigenvalue weighted by Crippen LogP contribution is -2.18. The van der Waals surface area contributed by atoms with E-state index in [-0.39, 0.29) is 11.6 Å². The van der Waals surface area contributed by atoms with E-state index in [1.165, 1.54) is 6.07 Å². The largest absolute Gasteiger partial charge is 0.454 e. The van der Waals surface area contributed by atoms with E-state index in [2.05, 4.69) is 19.2 Å². The monoisotopic (exact) mass is 287 g/mol. The summed E-state index contributed by atoms with van der Waals surface area (Å²) in [7, 11) is 0. The van der Waals surface area contributed by atoms with Crippen molar-refractivity contribution in [3.63, 3.8) is 0 Å². The third-order valence-corrected chi connectivity index (χ3v) is 3.10. The average molecular weight is 287 g/mol. The Morgan fingerprint density at radius 2 is 1.95 bits per heavy atom. The van der Waals surface area contributed by atoms with Crippen LogP contribution in [0.5, 0.6) is 11.5 Å². The molecule has 0 aromatic heterocycles. The van der Waals surface area contributed by atoms with Crippen LogP contribution in [0.4, 0.5) is 4.39 Å². The van der Waals surface area contributed by atoms with Crippen LogP contribution in [0.3, 0.4) is 0 Å². The first kappa shape index (κ1) is 15.5. The van der Waals surface area contributed by atoms with E-state index >= 15 is 0 Å². The van der Waals surface area contributed by atoms with E-state index in [0.29, 0.717) is 18.2 Å². The summed E-state index contributed by atoms with van der Waals surface area (Å²) in [6.45, 7) is 7.86. The van der Waals surface area contributed by atoms with Gasteiger partial charge >= 0.3 is 0 Å². The third-order valence-electron chi connectivity index (χ3n) is 3.10. The summed E-state index contributed by atoms with van der Waals surface area (Å²) in [5, 5.41) is 3.30. The molecule has 21 heavy (non-hydrogen) atoms. The Hall–Kier alpha value is -1.87. The SMILES string of the molecule is Cc1cccc(Oc2ccc(CNCC(C)C)cc2F)c1. The number of benzene rings is 2. The Morgan fingerprint density at radius 1 is 1.14 bits per heavy atom. The molecule has 0 fully saturated rings. The molecule has 0 unspecified atom stereocenters. The molecule has 0 atom stereocenters. The van der Waals surface area contributed by atoms with E-state index in [9.17, 15) is 4.39 Å². The summed E-state index contributed by atoms with van der Waals surface area (Å²) in [5.41, 5.74) is 2.01. The lowest BCUT2D eigenvalue weighted by molar-refractivity contribution is 0.441. The fourth-order valence-electron chi connectivity index (χ4n) is 2.05. The normalized spacial score (nSPS) is 10.9. The van der Waals surface area contributed by atoms with Crippen LogP contribution in [-0.4, -0.2) is 6.54 Å². The standard InChI is InChI=1S/C18H22FNO/c1-13(2)11-20-12-15-7-8-18(17(19)10-15)21-16-6-4-5-14(3)9-16/h4-10,13,20H,11-12H2,1-3H3. The van der Waals surface area contributed by atoms with Gasteiger partial charge in [-0.05, 0) is 54.8 Å². The molecule has 112 valence electrons. The van der Waals surface area contributed by atoms with E-state index in [1.54, 1.807) is 6.07 Å². The molecule has 0 spiro atoms. The number of hydrogen-bond donors (Lipinski definition) is 1. The molecule has 0 amide bonds. The molecule has 0 aliphatic heterocycles.